The Morgan fingerprint density at radius 1 is 0.328 bits per heavy atom. The zero-order chi connectivity index (χ0) is 41.5. The second kappa shape index (κ2) is 14.0. The van der Waals surface area contributed by atoms with Crippen LogP contribution in [0.3, 0.4) is 0 Å². The summed E-state index contributed by atoms with van der Waals surface area (Å²) in [7, 11) is -1.38. The third kappa shape index (κ3) is 6.55. The van der Waals surface area contributed by atoms with Crippen LogP contribution in [-0.4, -0.2) is 23.0 Å². The second-order valence-corrected chi connectivity index (χ2v) is 23.3. The van der Waals surface area contributed by atoms with Gasteiger partial charge in [0.05, 0.1) is 8.07 Å². The smallest absolute Gasteiger partial charge is 0.164 e. The van der Waals surface area contributed by atoms with Gasteiger partial charge in [-0.15, -0.1) is 0 Å². The molecule has 10 aromatic rings. The Hall–Kier alpha value is -7.01. The summed E-state index contributed by atoms with van der Waals surface area (Å²) in [5.74, 6) is 1.95. The van der Waals surface area contributed by atoms with E-state index in [1.54, 1.807) is 0 Å². The molecule has 9 aromatic carbocycles. The van der Waals surface area contributed by atoms with Gasteiger partial charge in [0.2, 0.25) is 0 Å². The maximum absolute atomic E-state index is 5.15. The van der Waals surface area contributed by atoms with Gasteiger partial charge in [-0.25, -0.2) is 15.0 Å². The van der Waals surface area contributed by atoms with Gasteiger partial charge in [0, 0.05) is 22.1 Å². The highest BCUT2D eigenvalue weighted by atomic mass is 28.3. The van der Waals surface area contributed by atoms with Crippen molar-refractivity contribution in [3.8, 4) is 67.5 Å². The van der Waals surface area contributed by atoms with Crippen LogP contribution in [0.4, 0.5) is 0 Å². The van der Waals surface area contributed by atoms with Crippen molar-refractivity contribution in [1.82, 2.24) is 15.0 Å². The molecule has 0 bridgehead atoms. The molecule has 3 nitrogen and oxygen atoms in total. The molecule has 1 heterocycles. The van der Waals surface area contributed by atoms with Crippen molar-refractivity contribution >= 4 is 45.6 Å². The average Bonchev–Trinajstić information content (AvgIpc) is 3.52. The molecule has 4 heteroatoms. The molecule has 0 saturated carbocycles. The first kappa shape index (κ1) is 37.0. The van der Waals surface area contributed by atoms with Gasteiger partial charge in [0.15, 0.2) is 17.5 Å². The monoisotopic (exact) mass is 799 g/mol. The predicted molar refractivity (Wildman–Crippen MR) is 260 cm³/mol. The number of hydrogen-bond acceptors (Lipinski definition) is 3. The highest BCUT2D eigenvalue weighted by Crippen LogP contribution is 2.51. The molecule has 0 unspecified atom stereocenters. The van der Waals surface area contributed by atoms with Crippen LogP contribution in [-0.2, 0) is 5.41 Å². The highest BCUT2D eigenvalue weighted by molar-refractivity contribution is 6.88. The fourth-order valence-electron chi connectivity index (χ4n) is 9.25. The topological polar surface area (TPSA) is 38.7 Å². The predicted octanol–water partition coefficient (Wildman–Crippen LogP) is 14.5. The third-order valence-corrected chi connectivity index (χ3v) is 14.9. The van der Waals surface area contributed by atoms with Crippen LogP contribution in [0.15, 0.2) is 182 Å². The number of nitrogens with zero attached hydrogens (tertiary/aromatic N) is 3. The van der Waals surface area contributed by atoms with E-state index in [0.29, 0.717) is 17.5 Å². The molecule has 61 heavy (non-hydrogen) atoms. The normalized spacial score (nSPS) is 13.1. The third-order valence-electron chi connectivity index (χ3n) is 12.8. The van der Waals surface area contributed by atoms with Gasteiger partial charge in [-0.2, -0.15) is 0 Å². The highest BCUT2D eigenvalue weighted by Gasteiger charge is 2.36. The summed E-state index contributed by atoms with van der Waals surface area (Å²) in [6.45, 7) is 12.0. The van der Waals surface area contributed by atoms with E-state index in [1.165, 1.54) is 65.7 Å². The van der Waals surface area contributed by atoms with Crippen LogP contribution < -0.4 is 5.19 Å². The van der Waals surface area contributed by atoms with E-state index >= 15 is 0 Å². The van der Waals surface area contributed by atoms with Crippen molar-refractivity contribution in [2.24, 2.45) is 0 Å². The van der Waals surface area contributed by atoms with Crippen molar-refractivity contribution in [3.63, 3.8) is 0 Å². The summed E-state index contributed by atoms with van der Waals surface area (Å²) in [6.07, 6.45) is 0. The van der Waals surface area contributed by atoms with Crippen LogP contribution in [0.1, 0.15) is 25.0 Å². The lowest BCUT2D eigenvalue weighted by molar-refractivity contribution is 0.661. The zero-order valence-electron chi connectivity index (χ0n) is 35.2. The van der Waals surface area contributed by atoms with Gasteiger partial charge in [-0.1, -0.05) is 184 Å². The van der Waals surface area contributed by atoms with Crippen LogP contribution in [0.5, 0.6) is 0 Å². The van der Waals surface area contributed by atoms with Crippen molar-refractivity contribution in [2.75, 3.05) is 0 Å². The molecule has 0 N–H and O–H groups in total. The largest absolute Gasteiger partial charge is 0.208 e. The van der Waals surface area contributed by atoms with E-state index in [9.17, 15) is 0 Å². The van der Waals surface area contributed by atoms with Crippen LogP contribution in [0, 0.1) is 0 Å². The quantitative estimate of drug-likeness (QED) is 0.157. The lowest BCUT2D eigenvalue weighted by atomic mass is 9.80. The minimum absolute atomic E-state index is 0.172. The Balaban J connectivity index is 0.958. The molecular formula is C57H45N3Si. The van der Waals surface area contributed by atoms with E-state index in [-0.39, 0.29) is 5.41 Å². The Bertz CT molecular complexity index is 3290. The summed E-state index contributed by atoms with van der Waals surface area (Å²) in [5.41, 5.74) is 12.8. The van der Waals surface area contributed by atoms with Crippen LogP contribution in [0.2, 0.25) is 19.6 Å². The molecule has 292 valence electrons. The molecule has 1 aliphatic rings. The molecular weight excluding hydrogens is 755 g/mol. The molecule has 0 aliphatic heterocycles. The summed E-state index contributed by atoms with van der Waals surface area (Å²) in [4.78, 5) is 15.4. The molecule has 0 amide bonds. The number of aromatic nitrogens is 3. The molecule has 0 spiro atoms. The number of fused-ring (bicyclic) bond motifs is 6. The molecule has 1 aliphatic carbocycles. The summed E-state index contributed by atoms with van der Waals surface area (Å²) < 4.78 is 0. The van der Waals surface area contributed by atoms with Gasteiger partial charge >= 0.3 is 0 Å². The minimum atomic E-state index is -1.38. The van der Waals surface area contributed by atoms with E-state index < -0.39 is 8.07 Å². The summed E-state index contributed by atoms with van der Waals surface area (Å²) >= 11 is 0. The Kier molecular flexibility index (Phi) is 8.52. The maximum atomic E-state index is 5.15. The number of rotatable bonds is 6. The summed E-state index contributed by atoms with van der Waals surface area (Å²) in [6, 6.07) is 66.4. The number of hydrogen-bond donors (Lipinski definition) is 0. The minimum Gasteiger partial charge on any atom is -0.208 e. The SMILES string of the molecule is CC1(C)c2cc(-c3cccc(-c4nc(-c5ccc6ccccc6c5)nc(-c5ccc6ccccc6c5)n4)c3)ccc2-c2ccc(-c3ccc4cc([Si](C)(C)C)ccc4c3)cc21. The Morgan fingerprint density at radius 3 is 1.26 bits per heavy atom. The lowest BCUT2D eigenvalue weighted by Gasteiger charge is -2.23. The van der Waals surface area contributed by atoms with Crippen LogP contribution >= 0.6 is 0 Å². The van der Waals surface area contributed by atoms with Crippen molar-refractivity contribution in [3.05, 3.63) is 193 Å². The maximum Gasteiger partial charge on any atom is 0.164 e. The van der Waals surface area contributed by atoms with E-state index in [1.807, 2.05) is 0 Å². The molecule has 0 fully saturated rings. The first-order chi connectivity index (χ1) is 29.5. The first-order valence-electron chi connectivity index (χ1n) is 21.2. The van der Waals surface area contributed by atoms with Gasteiger partial charge in [-0.05, 0) is 113 Å². The molecule has 0 atom stereocenters. The number of benzene rings is 9. The Morgan fingerprint density at radius 2 is 0.705 bits per heavy atom. The van der Waals surface area contributed by atoms with Gasteiger partial charge in [-0.3, -0.25) is 0 Å². The van der Waals surface area contributed by atoms with E-state index in [2.05, 4.69) is 215 Å². The van der Waals surface area contributed by atoms with Crippen molar-refractivity contribution in [1.29, 1.82) is 0 Å². The van der Waals surface area contributed by atoms with E-state index in [4.69, 9.17) is 15.0 Å². The zero-order valence-corrected chi connectivity index (χ0v) is 36.2. The molecule has 0 saturated heterocycles. The average molecular weight is 800 g/mol. The van der Waals surface area contributed by atoms with Crippen molar-refractivity contribution < 1.29 is 0 Å². The van der Waals surface area contributed by atoms with Gasteiger partial charge in [0.25, 0.3) is 0 Å². The molecule has 11 rings (SSSR count). The Labute approximate surface area is 358 Å². The van der Waals surface area contributed by atoms with Crippen LogP contribution in [0.25, 0.3) is 99.9 Å². The summed E-state index contributed by atoms with van der Waals surface area (Å²) in [5, 5.41) is 8.78. The van der Waals surface area contributed by atoms with Crippen molar-refractivity contribution in [2.45, 2.75) is 38.9 Å². The lowest BCUT2D eigenvalue weighted by Crippen LogP contribution is -2.37. The fourth-order valence-corrected chi connectivity index (χ4v) is 10.4. The van der Waals surface area contributed by atoms with Gasteiger partial charge in [0.1, 0.15) is 0 Å². The molecule has 1 aromatic heterocycles. The molecule has 0 radical (unpaired) electrons. The van der Waals surface area contributed by atoms with E-state index in [0.717, 1.165) is 33.0 Å². The fraction of sp³-hybridized carbons (Fsp3) is 0.105. The second-order valence-electron chi connectivity index (χ2n) is 18.2. The first-order valence-corrected chi connectivity index (χ1v) is 24.7. The standard InChI is InChI=1S/C57H45N3Si/c1-57(2)52-34-44(24-27-50(52)51-28-25-45(35-53(51)57)41-19-20-43-33-49(61(3,4)5)26-23-42(43)29-41)40-15-10-16-46(32-40)54-58-55(47-21-17-36-11-6-8-13-38(36)30-47)60-56(59-54)48-22-18-37-12-7-9-14-39(37)31-48/h6-35H,1-5H3. The van der Waals surface area contributed by atoms with Gasteiger partial charge < -0.3 is 0 Å².